The molecule has 0 aromatic heterocycles. The molecule has 2 rings (SSSR count). The number of methoxy groups -OCH3 is 3. The second-order valence-electron chi connectivity index (χ2n) is 6.05. The van der Waals surface area contributed by atoms with Gasteiger partial charge in [-0.1, -0.05) is 26.0 Å². The zero-order chi connectivity index (χ0) is 18.4. The summed E-state index contributed by atoms with van der Waals surface area (Å²) in [5, 5.41) is 2.97. The molecule has 1 amide bonds. The van der Waals surface area contributed by atoms with E-state index in [-0.39, 0.29) is 17.7 Å². The Morgan fingerprint density at radius 3 is 2.00 bits per heavy atom. The molecule has 0 spiro atoms. The molecule has 1 unspecified atom stereocenters. The predicted molar refractivity (Wildman–Crippen MR) is 98.7 cm³/mol. The number of carbonyl (C=O) groups excluding carboxylic acids is 1. The Bertz CT molecular complexity index is 710. The summed E-state index contributed by atoms with van der Waals surface area (Å²) in [6.45, 7) is 4.05. The summed E-state index contributed by atoms with van der Waals surface area (Å²) >= 11 is 0. The van der Waals surface area contributed by atoms with Gasteiger partial charge in [-0.05, 0) is 35.7 Å². The van der Waals surface area contributed by atoms with Crippen molar-refractivity contribution >= 4 is 11.6 Å². The number of rotatable bonds is 7. The van der Waals surface area contributed by atoms with Gasteiger partial charge in [0.05, 0.1) is 32.9 Å². The van der Waals surface area contributed by atoms with Crippen LogP contribution in [0.5, 0.6) is 17.2 Å². The van der Waals surface area contributed by atoms with E-state index in [2.05, 4.69) is 5.32 Å². The Morgan fingerprint density at radius 2 is 1.48 bits per heavy atom. The molecule has 0 aliphatic carbocycles. The summed E-state index contributed by atoms with van der Waals surface area (Å²) in [5.41, 5.74) is 1.53. The van der Waals surface area contributed by atoms with Crippen LogP contribution in [-0.2, 0) is 4.79 Å². The van der Waals surface area contributed by atoms with Crippen molar-refractivity contribution in [2.75, 3.05) is 26.6 Å². The number of hydrogen-bond acceptors (Lipinski definition) is 4. The third-order valence-corrected chi connectivity index (χ3v) is 4.09. The summed E-state index contributed by atoms with van der Waals surface area (Å²) in [7, 11) is 4.78. The average Bonchev–Trinajstić information content (AvgIpc) is 2.62. The Hall–Kier alpha value is -2.69. The van der Waals surface area contributed by atoms with Gasteiger partial charge >= 0.3 is 0 Å². The highest BCUT2D eigenvalue weighted by molar-refractivity contribution is 5.97. The maximum atomic E-state index is 12.9. The van der Waals surface area contributed by atoms with E-state index in [1.54, 1.807) is 39.5 Å². The maximum Gasteiger partial charge on any atom is 0.232 e. The Labute approximate surface area is 148 Å². The van der Waals surface area contributed by atoms with Gasteiger partial charge in [0.1, 0.15) is 17.2 Å². The maximum absolute atomic E-state index is 12.9. The van der Waals surface area contributed by atoms with Crippen molar-refractivity contribution in [3.8, 4) is 17.2 Å². The van der Waals surface area contributed by atoms with Gasteiger partial charge < -0.3 is 19.5 Å². The Morgan fingerprint density at radius 1 is 0.880 bits per heavy atom. The smallest absolute Gasteiger partial charge is 0.232 e. The van der Waals surface area contributed by atoms with Gasteiger partial charge in [-0.25, -0.2) is 0 Å². The number of anilines is 1. The van der Waals surface area contributed by atoms with Crippen LogP contribution < -0.4 is 19.5 Å². The molecule has 134 valence electrons. The Balaban J connectivity index is 2.29. The van der Waals surface area contributed by atoms with Crippen LogP contribution in [0.15, 0.2) is 42.5 Å². The molecule has 5 heteroatoms. The number of benzene rings is 2. The van der Waals surface area contributed by atoms with Crippen LogP contribution in [0.2, 0.25) is 0 Å². The molecule has 0 saturated heterocycles. The van der Waals surface area contributed by atoms with E-state index >= 15 is 0 Å². The molecule has 0 aliphatic heterocycles. The van der Waals surface area contributed by atoms with Gasteiger partial charge in [0.2, 0.25) is 5.91 Å². The zero-order valence-electron chi connectivity index (χ0n) is 15.3. The van der Waals surface area contributed by atoms with Crippen LogP contribution >= 0.6 is 0 Å². The van der Waals surface area contributed by atoms with E-state index in [1.807, 2.05) is 38.1 Å². The topological polar surface area (TPSA) is 56.8 Å². The third-order valence-electron chi connectivity index (χ3n) is 4.09. The van der Waals surface area contributed by atoms with Crippen molar-refractivity contribution < 1.29 is 19.0 Å². The third kappa shape index (κ3) is 4.44. The van der Waals surface area contributed by atoms with E-state index in [9.17, 15) is 4.79 Å². The largest absolute Gasteiger partial charge is 0.497 e. The van der Waals surface area contributed by atoms with E-state index in [4.69, 9.17) is 14.2 Å². The highest BCUT2D eigenvalue weighted by Gasteiger charge is 2.25. The van der Waals surface area contributed by atoms with E-state index in [0.29, 0.717) is 17.2 Å². The number of carbonyl (C=O) groups is 1. The lowest BCUT2D eigenvalue weighted by Gasteiger charge is -2.22. The van der Waals surface area contributed by atoms with Gasteiger partial charge in [0.15, 0.2) is 0 Å². The number of amides is 1. The van der Waals surface area contributed by atoms with Crippen LogP contribution in [0, 0.1) is 5.92 Å². The van der Waals surface area contributed by atoms with Crippen LogP contribution in [-0.4, -0.2) is 27.2 Å². The first-order valence-corrected chi connectivity index (χ1v) is 8.17. The molecule has 1 N–H and O–H groups in total. The summed E-state index contributed by atoms with van der Waals surface area (Å²) < 4.78 is 15.8. The lowest BCUT2D eigenvalue weighted by atomic mass is 9.87. The van der Waals surface area contributed by atoms with E-state index in [1.165, 1.54) is 0 Å². The number of nitrogens with one attached hydrogen (secondary N) is 1. The molecule has 5 nitrogen and oxygen atoms in total. The van der Waals surface area contributed by atoms with Gasteiger partial charge in [-0.3, -0.25) is 4.79 Å². The van der Waals surface area contributed by atoms with Gasteiger partial charge in [0.25, 0.3) is 0 Å². The molecule has 0 saturated carbocycles. The first-order chi connectivity index (χ1) is 12.0. The fraction of sp³-hybridized carbons (Fsp3) is 0.350. The summed E-state index contributed by atoms with van der Waals surface area (Å²) in [5.74, 6) is 1.76. The predicted octanol–water partition coefficient (Wildman–Crippen LogP) is 4.09. The van der Waals surface area contributed by atoms with Gasteiger partial charge in [-0.2, -0.15) is 0 Å². The molecular formula is C20H25NO4. The highest BCUT2D eigenvalue weighted by Crippen LogP contribution is 2.32. The molecule has 0 bridgehead atoms. The van der Waals surface area contributed by atoms with Crippen LogP contribution in [0.3, 0.4) is 0 Å². The van der Waals surface area contributed by atoms with Crippen molar-refractivity contribution in [1.82, 2.24) is 0 Å². The fourth-order valence-electron chi connectivity index (χ4n) is 2.77. The van der Waals surface area contributed by atoms with Crippen molar-refractivity contribution in [3.63, 3.8) is 0 Å². The summed E-state index contributed by atoms with van der Waals surface area (Å²) in [6, 6.07) is 12.9. The minimum atomic E-state index is -0.290. The second kappa shape index (κ2) is 8.42. The molecule has 2 aromatic rings. The average molecular weight is 343 g/mol. The van der Waals surface area contributed by atoms with Crippen molar-refractivity contribution in [2.45, 2.75) is 19.8 Å². The standard InChI is InChI=1S/C20H25NO4/c1-13(2)19(14-6-8-15(23-3)9-7-14)20(22)21-17-12-16(24-4)10-11-18(17)25-5/h6-13,19H,1-5H3,(H,21,22). The van der Waals surface area contributed by atoms with Crippen molar-refractivity contribution in [1.29, 1.82) is 0 Å². The molecule has 0 fully saturated rings. The molecule has 0 radical (unpaired) electrons. The van der Waals surface area contributed by atoms with Crippen LogP contribution in [0.4, 0.5) is 5.69 Å². The minimum Gasteiger partial charge on any atom is -0.497 e. The molecule has 1 atom stereocenters. The van der Waals surface area contributed by atoms with Crippen LogP contribution in [0.1, 0.15) is 25.3 Å². The number of ether oxygens (including phenoxy) is 3. The molecule has 0 aliphatic rings. The number of hydrogen-bond donors (Lipinski definition) is 1. The summed E-state index contributed by atoms with van der Waals surface area (Å²) in [4.78, 5) is 12.9. The Kier molecular flexibility index (Phi) is 6.28. The SMILES string of the molecule is COc1ccc(C(C(=O)Nc2cc(OC)ccc2OC)C(C)C)cc1. The second-order valence-corrected chi connectivity index (χ2v) is 6.05. The van der Waals surface area contributed by atoms with E-state index in [0.717, 1.165) is 11.3 Å². The minimum absolute atomic E-state index is 0.0910. The quantitative estimate of drug-likeness (QED) is 0.823. The van der Waals surface area contributed by atoms with Crippen molar-refractivity contribution in [2.24, 2.45) is 5.92 Å². The van der Waals surface area contributed by atoms with Gasteiger partial charge in [0, 0.05) is 6.07 Å². The highest BCUT2D eigenvalue weighted by atomic mass is 16.5. The molecular weight excluding hydrogens is 318 g/mol. The fourth-order valence-corrected chi connectivity index (χ4v) is 2.77. The zero-order valence-corrected chi connectivity index (χ0v) is 15.3. The first kappa shape index (κ1) is 18.6. The van der Waals surface area contributed by atoms with Crippen molar-refractivity contribution in [3.05, 3.63) is 48.0 Å². The molecule has 25 heavy (non-hydrogen) atoms. The first-order valence-electron chi connectivity index (χ1n) is 8.17. The van der Waals surface area contributed by atoms with Crippen LogP contribution in [0.25, 0.3) is 0 Å². The van der Waals surface area contributed by atoms with E-state index < -0.39 is 0 Å². The summed E-state index contributed by atoms with van der Waals surface area (Å²) in [6.07, 6.45) is 0. The molecule has 0 heterocycles. The van der Waals surface area contributed by atoms with Gasteiger partial charge in [-0.15, -0.1) is 0 Å². The normalized spacial score (nSPS) is 11.8. The monoisotopic (exact) mass is 343 g/mol. The molecule has 2 aromatic carbocycles. The lowest BCUT2D eigenvalue weighted by Crippen LogP contribution is -2.25. The lowest BCUT2D eigenvalue weighted by molar-refractivity contribution is -0.118.